The molecule has 0 spiro atoms. The van der Waals surface area contributed by atoms with Gasteiger partial charge in [-0.15, -0.1) is 0 Å². The summed E-state index contributed by atoms with van der Waals surface area (Å²) >= 11 is 0. The Morgan fingerprint density at radius 1 is 1.41 bits per heavy atom. The van der Waals surface area contributed by atoms with Crippen molar-refractivity contribution >= 4 is 5.91 Å². The summed E-state index contributed by atoms with van der Waals surface area (Å²) in [4.78, 5) is 12.0. The summed E-state index contributed by atoms with van der Waals surface area (Å²) in [5, 5.41) is 6.50. The van der Waals surface area contributed by atoms with E-state index in [0.29, 0.717) is 12.1 Å². The van der Waals surface area contributed by atoms with Crippen LogP contribution in [0.5, 0.6) is 0 Å². The maximum absolute atomic E-state index is 12.0. The number of nitrogens with one attached hydrogen (secondary N) is 2. The first-order valence-electron chi connectivity index (χ1n) is 7.20. The van der Waals surface area contributed by atoms with Crippen molar-refractivity contribution in [1.82, 2.24) is 10.6 Å². The number of rotatable bonds is 6. The summed E-state index contributed by atoms with van der Waals surface area (Å²) in [6.07, 6.45) is 8.15. The highest BCUT2D eigenvalue weighted by Gasteiger charge is 2.24. The Morgan fingerprint density at radius 2 is 2.18 bits per heavy atom. The number of unbranched alkanes of at least 4 members (excludes halogenated alkanes) is 2. The van der Waals surface area contributed by atoms with Crippen LogP contribution in [0.25, 0.3) is 0 Å². The van der Waals surface area contributed by atoms with Crippen molar-refractivity contribution in [3.8, 4) is 0 Å². The summed E-state index contributed by atoms with van der Waals surface area (Å²) < 4.78 is 0. The molecule has 3 nitrogen and oxygen atoms in total. The molecule has 3 atom stereocenters. The predicted molar refractivity (Wildman–Crippen MR) is 72.0 cm³/mol. The van der Waals surface area contributed by atoms with Crippen LogP contribution in [0.4, 0.5) is 0 Å². The summed E-state index contributed by atoms with van der Waals surface area (Å²) in [5.74, 6) is 0.195. The van der Waals surface area contributed by atoms with E-state index in [4.69, 9.17) is 0 Å². The van der Waals surface area contributed by atoms with Crippen LogP contribution in [0, 0.1) is 0 Å². The van der Waals surface area contributed by atoms with E-state index in [1.54, 1.807) is 0 Å². The van der Waals surface area contributed by atoms with Gasteiger partial charge in [0.2, 0.25) is 5.91 Å². The fraction of sp³-hybridized carbons (Fsp3) is 0.929. The molecule has 1 aliphatic heterocycles. The molecule has 1 amide bonds. The lowest BCUT2D eigenvalue weighted by atomic mass is 9.98. The molecule has 3 unspecified atom stereocenters. The molecule has 1 fully saturated rings. The summed E-state index contributed by atoms with van der Waals surface area (Å²) in [5.41, 5.74) is 0. The third-order valence-electron chi connectivity index (χ3n) is 3.56. The molecule has 3 heteroatoms. The topological polar surface area (TPSA) is 41.1 Å². The fourth-order valence-corrected chi connectivity index (χ4v) is 2.46. The second-order valence-corrected chi connectivity index (χ2v) is 5.46. The number of piperidine rings is 1. The van der Waals surface area contributed by atoms with Crippen LogP contribution in [-0.2, 0) is 4.79 Å². The van der Waals surface area contributed by atoms with E-state index < -0.39 is 0 Å². The van der Waals surface area contributed by atoms with E-state index in [0.717, 1.165) is 19.3 Å². The first kappa shape index (κ1) is 14.5. The average Bonchev–Trinajstić information content (AvgIpc) is 2.29. The monoisotopic (exact) mass is 240 g/mol. The highest BCUT2D eigenvalue weighted by molar-refractivity contribution is 5.82. The van der Waals surface area contributed by atoms with Gasteiger partial charge in [0.25, 0.3) is 0 Å². The molecule has 0 saturated carbocycles. The van der Waals surface area contributed by atoms with Crippen LogP contribution >= 0.6 is 0 Å². The highest BCUT2D eigenvalue weighted by Crippen LogP contribution is 2.12. The van der Waals surface area contributed by atoms with E-state index in [-0.39, 0.29) is 11.9 Å². The zero-order chi connectivity index (χ0) is 12.7. The van der Waals surface area contributed by atoms with Gasteiger partial charge in [-0.3, -0.25) is 4.79 Å². The maximum atomic E-state index is 12.0. The quantitative estimate of drug-likeness (QED) is 0.701. The molecule has 1 aliphatic rings. The molecule has 0 radical (unpaired) electrons. The lowest BCUT2D eigenvalue weighted by Crippen LogP contribution is -2.51. The standard InChI is InChI=1S/C14H28N2O/c1-4-5-6-8-12(3)16-14(17)13-10-7-9-11(2)15-13/h11-13,15H,4-10H2,1-3H3,(H,16,17). The molecular weight excluding hydrogens is 212 g/mol. The minimum absolute atomic E-state index is 0.0346. The Balaban J connectivity index is 2.22. The molecule has 0 aromatic carbocycles. The summed E-state index contributed by atoms with van der Waals surface area (Å²) in [6.45, 7) is 6.47. The second kappa shape index (κ2) is 7.70. The van der Waals surface area contributed by atoms with Gasteiger partial charge in [-0.05, 0) is 39.5 Å². The molecule has 17 heavy (non-hydrogen) atoms. The van der Waals surface area contributed by atoms with Crippen LogP contribution < -0.4 is 10.6 Å². The van der Waals surface area contributed by atoms with Crippen molar-refractivity contribution < 1.29 is 4.79 Å². The molecule has 2 N–H and O–H groups in total. The van der Waals surface area contributed by atoms with Crippen LogP contribution in [0.3, 0.4) is 0 Å². The minimum Gasteiger partial charge on any atom is -0.352 e. The lowest BCUT2D eigenvalue weighted by molar-refractivity contribution is -0.124. The minimum atomic E-state index is 0.0346. The molecule has 0 aromatic rings. The molecule has 1 heterocycles. The van der Waals surface area contributed by atoms with Gasteiger partial charge in [0.05, 0.1) is 6.04 Å². The van der Waals surface area contributed by atoms with E-state index in [2.05, 4.69) is 31.4 Å². The average molecular weight is 240 g/mol. The van der Waals surface area contributed by atoms with Gasteiger partial charge in [0, 0.05) is 12.1 Å². The van der Waals surface area contributed by atoms with Crippen molar-refractivity contribution in [1.29, 1.82) is 0 Å². The van der Waals surface area contributed by atoms with Crippen LogP contribution in [0.15, 0.2) is 0 Å². The number of amides is 1. The zero-order valence-corrected chi connectivity index (χ0v) is 11.6. The van der Waals surface area contributed by atoms with E-state index in [9.17, 15) is 4.79 Å². The lowest BCUT2D eigenvalue weighted by Gasteiger charge is -2.29. The third kappa shape index (κ3) is 5.53. The summed E-state index contributed by atoms with van der Waals surface area (Å²) in [7, 11) is 0. The van der Waals surface area contributed by atoms with Crippen LogP contribution in [0.1, 0.15) is 65.7 Å². The number of carbonyl (C=O) groups excluding carboxylic acids is 1. The summed E-state index contributed by atoms with van der Waals surface area (Å²) in [6, 6.07) is 0.829. The van der Waals surface area contributed by atoms with Gasteiger partial charge in [-0.1, -0.05) is 26.2 Å². The number of carbonyl (C=O) groups is 1. The Labute approximate surface area is 106 Å². The fourth-order valence-electron chi connectivity index (χ4n) is 2.46. The molecule has 0 aliphatic carbocycles. The zero-order valence-electron chi connectivity index (χ0n) is 11.6. The third-order valence-corrected chi connectivity index (χ3v) is 3.56. The predicted octanol–water partition coefficient (Wildman–Crippen LogP) is 2.60. The highest BCUT2D eigenvalue weighted by atomic mass is 16.2. The van der Waals surface area contributed by atoms with E-state index in [1.807, 2.05) is 0 Å². The maximum Gasteiger partial charge on any atom is 0.237 e. The molecule has 1 rings (SSSR count). The van der Waals surface area contributed by atoms with Crippen molar-refractivity contribution in [2.45, 2.75) is 83.8 Å². The van der Waals surface area contributed by atoms with E-state index in [1.165, 1.54) is 25.7 Å². The van der Waals surface area contributed by atoms with Crippen LogP contribution in [-0.4, -0.2) is 24.0 Å². The van der Waals surface area contributed by atoms with Crippen molar-refractivity contribution in [3.63, 3.8) is 0 Å². The first-order chi connectivity index (χ1) is 8.13. The van der Waals surface area contributed by atoms with Crippen molar-refractivity contribution in [2.24, 2.45) is 0 Å². The Hall–Kier alpha value is -0.570. The van der Waals surface area contributed by atoms with Crippen LogP contribution in [0.2, 0.25) is 0 Å². The molecule has 100 valence electrons. The SMILES string of the molecule is CCCCCC(C)NC(=O)C1CCCC(C)N1. The largest absolute Gasteiger partial charge is 0.352 e. The van der Waals surface area contributed by atoms with Gasteiger partial charge in [0.1, 0.15) is 0 Å². The second-order valence-electron chi connectivity index (χ2n) is 5.46. The molecular formula is C14H28N2O. The molecule has 1 saturated heterocycles. The normalized spacial score (nSPS) is 26.5. The van der Waals surface area contributed by atoms with Gasteiger partial charge < -0.3 is 10.6 Å². The Morgan fingerprint density at radius 3 is 2.82 bits per heavy atom. The van der Waals surface area contributed by atoms with Gasteiger partial charge in [-0.25, -0.2) is 0 Å². The molecule has 0 bridgehead atoms. The molecule has 0 aromatic heterocycles. The van der Waals surface area contributed by atoms with Crippen molar-refractivity contribution in [2.75, 3.05) is 0 Å². The number of hydrogen-bond acceptors (Lipinski definition) is 2. The van der Waals surface area contributed by atoms with Crippen molar-refractivity contribution in [3.05, 3.63) is 0 Å². The smallest absolute Gasteiger partial charge is 0.237 e. The van der Waals surface area contributed by atoms with Gasteiger partial charge in [0.15, 0.2) is 0 Å². The Kier molecular flexibility index (Phi) is 6.56. The van der Waals surface area contributed by atoms with E-state index >= 15 is 0 Å². The Bertz CT molecular complexity index is 230. The first-order valence-corrected chi connectivity index (χ1v) is 7.20. The van der Waals surface area contributed by atoms with Gasteiger partial charge in [-0.2, -0.15) is 0 Å². The number of hydrogen-bond donors (Lipinski definition) is 2. The van der Waals surface area contributed by atoms with Gasteiger partial charge >= 0.3 is 0 Å².